The van der Waals surface area contributed by atoms with E-state index < -0.39 is 6.04 Å². The van der Waals surface area contributed by atoms with Crippen LogP contribution in [0.5, 0.6) is 0 Å². The smallest absolute Gasteiger partial charge is 0.134 e. The van der Waals surface area contributed by atoms with Gasteiger partial charge >= 0.3 is 0 Å². The van der Waals surface area contributed by atoms with Crippen LogP contribution in [0.4, 0.5) is 8.78 Å². The van der Waals surface area contributed by atoms with Crippen molar-refractivity contribution in [3.05, 3.63) is 71.0 Å². The number of nitrogens with one attached hydrogen (secondary N) is 1. The predicted molar refractivity (Wildman–Crippen MR) is 78.2 cm³/mol. The predicted octanol–water partition coefficient (Wildman–Crippen LogP) is 4.33. The molecule has 0 amide bonds. The van der Waals surface area contributed by atoms with E-state index in [0.29, 0.717) is 22.3 Å². The average Bonchev–Trinajstić information content (AvgIpc) is 2.84. The van der Waals surface area contributed by atoms with E-state index in [4.69, 9.17) is 4.42 Å². The SMILES string of the molecule is CNC(c1cc2cc(F)ccc2o1)c1ccc(C)cc1F. The molecule has 0 aliphatic heterocycles. The summed E-state index contributed by atoms with van der Waals surface area (Å²) in [7, 11) is 1.73. The average molecular weight is 287 g/mol. The molecule has 0 spiro atoms. The first kappa shape index (κ1) is 13.8. The molecule has 2 nitrogen and oxygen atoms in total. The van der Waals surface area contributed by atoms with Crippen LogP contribution in [0.2, 0.25) is 0 Å². The highest BCUT2D eigenvalue weighted by atomic mass is 19.1. The molecule has 4 heteroatoms. The second-order valence-electron chi connectivity index (χ2n) is 5.08. The Kier molecular flexibility index (Phi) is 3.47. The summed E-state index contributed by atoms with van der Waals surface area (Å²) < 4.78 is 33.1. The quantitative estimate of drug-likeness (QED) is 0.775. The van der Waals surface area contributed by atoms with Crippen LogP contribution in [0, 0.1) is 18.6 Å². The molecule has 0 saturated carbocycles. The first-order valence-electron chi connectivity index (χ1n) is 6.71. The number of furan rings is 1. The van der Waals surface area contributed by atoms with Gasteiger partial charge in [0, 0.05) is 10.9 Å². The van der Waals surface area contributed by atoms with Crippen LogP contribution in [0.25, 0.3) is 11.0 Å². The Labute approximate surface area is 121 Å². The second kappa shape index (κ2) is 5.30. The molecule has 2 aromatic carbocycles. The molecule has 3 rings (SSSR count). The molecule has 0 saturated heterocycles. The highest BCUT2D eigenvalue weighted by Crippen LogP contribution is 2.30. The third-order valence-electron chi connectivity index (χ3n) is 3.54. The molecule has 0 aliphatic rings. The first-order chi connectivity index (χ1) is 10.1. The lowest BCUT2D eigenvalue weighted by molar-refractivity contribution is 0.476. The Morgan fingerprint density at radius 2 is 1.86 bits per heavy atom. The highest BCUT2D eigenvalue weighted by Gasteiger charge is 2.20. The number of hydrogen-bond donors (Lipinski definition) is 1. The Bertz CT molecular complexity index is 795. The van der Waals surface area contributed by atoms with Crippen LogP contribution in [0.15, 0.2) is 46.9 Å². The summed E-state index contributed by atoms with van der Waals surface area (Å²) in [6.07, 6.45) is 0. The molecule has 1 unspecified atom stereocenters. The third-order valence-corrected chi connectivity index (χ3v) is 3.54. The van der Waals surface area contributed by atoms with E-state index in [1.807, 2.05) is 13.0 Å². The summed E-state index contributed by atoms with van der Waals surface area (Å²) in [5.41, 5.74) is 1.94. The number of fused-ring (bicyclic) bond motifs is 1. The van der Waals surface area contributed by atoms with Gasteiger partial charge in [0.25, 0.3) is 0 Å². The first-order valence-corrected chi connectivity index (χ1v) is 6.71. The number of rotatable bonds is 3. The van der Waals surface area contributed by atoms with E-state index in [1.165, 1.54) is 18.2 Å². The van der Waals surface area contributed by atoms with Crippen molar-refractivity contribution in [1.82, 2.24) is 5.32 Å². The lowest BCUT2D eigenvalue weighted by Crippen LogP contribution is -2.18. The summed E-state index contributed by atoms with van der Waals surface area (Å²) in [4.78, 5) is 0. The monoisotopic (exact) mass is 287 g/mol. The van der Waals surface area contributed by atoms with Crippen molar-refractivity contribution in [1.29, 1.82) is 0 Å². The van der Waals surface area contributed by atoms with Gasteiger partial charge in [-0.3, -0.25) is 0 Å². The van der Waals surface area contributed by atoms with Crippen LogP contribution >= 0.6 is 0 Å². The molecule has 1 aromatic heterocycles. The standard InChI is InChI=1S/C17H15F2NO/c1-10-3-5-13(14(19)7-10)17(20-2)16-9-11-8-12(18)4-6-15(11)21-16/h3-9,17,20H,1-2H3. The fourth-order valence-electron chi connectivity index (χ4n) is 2.49. The maximum atomic E-state index is 14.2. The van der Waals surface area contributed by atoms with Gasteiger partial charge in [-0.25, -0.2) is 8.78 Å². The van der Waals surface area contributed by atoms with Gasteiger partial charge in [-0.2, -0.15) is 0 Å². The summed E-state index contributed by atoms with van der Waals surface area (Å²) >= 11 is 0. The number of aryl methyl sites for hydroxylation is 1. The van der Waals surface area contributed by atoms with E-state index in [2.05, 4.69) is 5.32 Å². The minimum atomic E-state index is -0.416. The summed E-state index contributed by atoms with van der Waals surface area (Å²) in [5, 5.41) is 3.71. The molecule has 0 radical (unpaired) electrons. The minimum absolute atomic E-state index is 0.291. The van der Waals surface area contributed by atoms with Crippen LogP contribution in [0.3, 0.4) is 0 Å². The van der Waals surface area contributed by atoms with Crippen molar-refractivity contribution >= 4 is 11.0 Å². The lowest BCUT2D eigenvalue weighted by atomic mass is 10.0. The molecular formula is C17H15F2NO. The van der Waals surface area contributed by atoms with Crippen LogP contribution in [-0.4, -0.2) is 7.05 Å². The highest BCUT2D eigenvalue weighted by molar-refractivity contribution is 5.78. The van der Waals surface area contributed by atoms with Gasteiger partial charge in [-0.1, -0.05) is 12.1 Å². The molecule has 108 valence electrons. The van der Waals surface area contributed by atoms with Gasteiger partial charge in [0.1, 0.15) is 23.0 Å². The van der Waals surface area contributed by atoms with Crippen LogP contribution in [-0.2, 0) is 0 Å². The topological polar surface area (TPSA) is 25.2 Å². The van der Waals surface area contributed by atoms with Crippen LogP contribution in [0.1, 0.15) is 22.9 Å². The maximum absolute atomic E-state index is 14.2. The van der Waals surface area contributed by atoms with Crippen molar-refractivity contribution < 1.29 is 13.2 Å². The van der Waals surface area contributed by atoms with Crippen molar-refractivity contribution in [3.8, 4) is 0 Å². The zero-order valence-electron chi connectivity index (χ0n) is 11.8. The van der Waals surface area contributed by atoms with E-state index in [1.54, 1.807) is 25.2 Å². The summed E-state index contributed by atoms with van der Waals surface area (Å²) in [6.45, 7) is 1.84. The van der Waals surface area contributed by atoms with E-state index in [9.17, 15) is 8.78 Å². The fraction of sp³-hybridized carbons (Fsp3) is 0.176. The van der Waals surface area contributed by atoms with Gasteiger partial charge in [0.05, 0.1) is 6.04 Å². The minimum Gasteiger partial charge on any atom is -0.459 e. The normalized spacial score (nSPS) is 12.8. The van der Waals surface area contributed by atoms with Crippen molar-refractivity contribution in [2.75, 3.05) is 7.05 Å². The summed E-state index contributed by atoms with van der Waals surface area (Å²) in [6, 6.07) is 10.7. The summed E-state index contributed by atoms with van der Waals surface area (Å²) in [5.74, 6) is -0.0563. The zero-order chi connectivity index (χ0) is 15.0. The Hall–Kier alpha value is -2.20. The third kappa shape index (κ3) is 2.54. The van der Waals surface area contributed by atoms with E-state index in [0.717, 1.165) is 5.56 Å². The van der Waals surface area contributed by atoms with E-state index in [-0.39, 0.29) is 11.6 Å². The van der Waals surface area contributed by atoms with Gasteiger partial charge in [0.2, 0.25) is 0 Å². The number of halogens is 2. The van der Waals surface area contributed by atoms with Crippen LogP contribution < -0.4 is 5.32 Å². The molecule has 21 heavy (non-hydrogen) atoms. The van der Waals surface area contributed by atoms with Gasteiger partial charge in [-0.05, 0) is 49.9 Å². The maximum Gasteiger partial charge on any atom is 0.134 e. The molecule has 1 atom stereocenters. The molecule has 3 aromatic rings. The zero-order valence-corrected chi connectivity index (χ0v) is 11.8. The van der Waals surface area contributed by atoms with Crippen molar-refractivity contribution in [2.45, 2.75) is 13.0 Å². The molecule has 1 heterocycles. The Morgan fingerprint density at radius 3 is 2.57 bits per heavy atom. The van der Waals surface area contributed by atoms with Gasteiger partial charge < -0.3 is 9.73 Å². The number of hydrogen-bond acceptors (Lipinski definition) is 2. The Balaban J connectivity index is 2.09. The Morgan fingerprint density at radius 1 is 1.05 bits per heavy atom. The largest absolute Gasteiger partial charge is 0.459 e. The molecular weight excluding hydrogens is 272 g/mol. The molecule has 0 bridgehead atoms. The fourth-order valence-corrected chi connectivity index (χ4v) is 2.49. The number of benzene rings is 2. The van der Waals surface area contributed by atoms with Gasteiger partial charge in [0.15, 0.2) is 0 Å². The lowest BCUT2D eigenvalue weighted by Gasteiger charge is -2.15. The van der Waals surface area contributed by atoms with Crippen molar-refractivity contribution in [3.63, 3.8) is 0 Å². The van der Waals surface area contributed by atoms with Gasteiger partial charge in [-0.15, -0.1) is 0 Å². The molecule has 0 aliphatic carbocycles. The van der Waals surface area contributed by atoms with Crippen molar-refractivity contribution in [2.24, 2.45) is 0 Å². The molecule has 0 fully saturated rings. The van der Waals surface area contributed by atoms with E-state index >= 15 is 0 Å². The molecule has 1 N–H and O–H groups in total. The second-order valence-corrected chi connectivity index (χ2v) is 5.08.